The molecule has 0 fully saturated rings. The molecule has 6 nitrogen and oxygen atoms in total. The molecule has 6 heteroatoms. The lowest BCUT2D eigenvalue weighted by Gasteiger charge is -2.34. The van der Waals surface area contributed by atoms with Gasteiger partial charge in [0.2, 0.25) is 0 Å². The lowest BCUT2D eigenvalue weighted by Crippen LogP contribution is -2.51. The first kappa shape index (κ1) is 17.8. The summed E-state index contributed by atoms with van der Waals surface area (Å²) in [6, 6.07) is 0. The molecule has 0 radical (unpaired) electrons. The number of unbranched alkanes of at least 4 members (excludes halogenated alkanes) is 2. The van der Waals surface area contributed by atoms with Gasteiger partial charge in [-0.2, -0.15) is 0 Å². The maximum absolute atomic E-state index is 10.1. The van der Waals surface area contributed by atoms with Crippen LogP contribution in [0.5, 0.6) is 0 Å². The molecule has 0 aromatic rings. The standard InChI is InChI=1S/C12H26O6/c13-7-3-1-5-10(16)11(17)12(18,9-15)6-2-4-8-14/h10-11,13-18H,1-9H2. The van der Waals surface area contributed by atoms with Crippen molar-refractivity contribution in [1.82, 2.24) is 0 Å². The third-order valence-corrected chi connectivity index (χ3v) is 3.11. The van der Waals surface area contributed by atoms with E-state index in [1.807, 2.05) is 0 Å². The average Bonchev–Trinajstić information content (AvgIpc) is 2.38. The fourth-order valence-electron chi connectivity index (χ4n) is 1.84. The van der Waals surface area contributed by atoms with Gasteiger partial charge in [0, 0.05) is 13.2 Å². The van der Waals surface area contributed by atoms with Crippen molar-refractivity contribution in [2.75, 3.05) is 19.8 Å². The van der Waals surface area contributed by atoms with Crippen LogP contribution in [0.2, 0.25) is 0 Å². The van der Waals surface area contributed by atoms with E-state index < -0.39 is 24.4 Å². The number of rotatable bonds is 11. The summed E-state index contributed by atoms with van der Waals surface area (Å²) >= 11 is 0. The van der Waals surface area contributed by atoms with Crippen molar-refractivity contribution in [3.63, 3.8) is 0 Å². The van der Waals surface area contributed by atoms with Crippen LogP contribution in [0.15, 0.2) is 0 Å². The summed E-state index contributed by atoms with van der Waals surface area (Å²) in [6.07, 6.45) is -0.225. The monoisotopic (exact) mass is 266 g/mol. The molecule has 0 spiro atoms. The number of aliphatic hydroxyl groups is 6. The van der Waals surface area contributed by atoms with Crippen LogP contribution in [0.3, 0.4) is 0 Å². The molecule has 0 saturated carbocycles. The summed E-state index contributed by atoms with van der Waals surface area (Å²) in [7, 11) is 0. The van der Waals surface area contributed by atoms with Gasteiger partial charge in [0.15, 0.2) is 0 Å². The van der Waals surface area contributed by atoms with Crippen LogP contribution in [0.1, 0.15) is 38.5 Å². The third kappa shape index (κ3) is 6.08. The van der Waals surface area contributed by atoms with Crippen LogP contribution in [0, 0.1) is 0 Å². The van der Waals surface area contributed by atoms with Crippen LogP contribution < -0.4 is 0 Å². The minimum Gasteiger partial charge on any atom is -0.396 e. The third-order valence-electron chi connectivity index (χ3n) is 3.11. The first-order valence-corrected chi connectivity index (χ1v) is 6.43. The molecule has 6 N–H and O–H groups in total. The van der Waals surface area contributed by atoms with Crippen molar-refractivity contribution in [1.29, 1.82) is 0 Å². The van der Waals surface area contributed by atoms with Gasteiger partial charge >= 0.3 is 0 Å². The Kier molecular flexibility index (Phi) is 9.53. The predicted molar refractivity (Wildman–Crippen MR) is 65.9 cm³/mol. The second-order valence-electron chi connectivity index (χ2n) is 4.67. The molecule has 0 amide bonds. The summed E-state index contributed by atoms with van der Waals surface area (Å²) < 4.78 is 0. The summed E-state index contributed by atoms with van der Waals surface area (Å²) in [5, 5.41) is 56.0. The van der Waals surface area contributed by atoms with Crippen LogP contribution >= 0.6 is 0 Å². The van der Waals surface area contributed by atoms with Gasteiger partial charge in [-0.25, -0.2) is 0 Å². The van der Waals surface area contributed by atoms with Crippen molar-refractivity contribution in [2.24, 2.45) is 0 Å². The zero-order chi connectivity index (χ0) is 14.0. The van der Waals surface area contributed by atoms with E-state index in [4.69, 9.17) is 15.3 Å². The molecule has 0 aliphatic rings. The fourth-order valence-corrected chi connectivity index (χ4v) is 1.84. The highest BCUT2D eigenvalue weighted by molar-refractivity contribution is 4.90. The van der Waals surface area contributed by atoms with E-state index in [1.165, 1.54) is 0 Å². The van der Waals surface area contributed by atoms with E-state index in [0.29, 0.717) is 25.7 Å². The molecule has 3 atom stereocenters. The summed E-state index contributed by atoms with van der Waals surface area (Å²) in [6.45, 7) is -0.642. The maximum atomic E-state index is 10.1. The van der Waals surface area contributed by atoms with Gasteiger partial charge in [-0.3, -0.25) is 0 Å². The molecule has 3 unspecified atom stereocenters. The van der Waals surface area contributed by atoms with Gasteiger partial charge in [-0.15, -0.1) is 0 Å². The highest BCUT2D eigenvalue weighted by Gasteiger charge is 2.38. The summed E-state index contributed by atoms with van der Waals surface area (Å²) in [5.41, 5.74) is -1.74. The topological polar surface area (TPSA) is 121 Å². The zero-order valence-electron chi connectivity index (χ0n) is 10.7. The van der Waals surface area contributed by atoms with E-state index in [2.05, 4.69) is 0 Å². The molecule has 0 bridgehead atoms. The fraction of sp³-hybridized carbons (Fsp3) is 1.00. The van der Waals surface area contributed by atoms with Crippen LogP contribution in [-0.4, -0.2) is 68.3 Å². The van der Waals surface area contributed by atoms with Crippen LogP contribution in [0.25, 0.3) is 0 Å². The van der Waals surface area contributed by atoms with E-state index >= 15 is 0 Å². The van der Waals surface area contributed by atoms with Crippen molar-refractivity contribution < 1.29 is 30.6 Å². The zero-order valence-corrected chi connectivity index (χ0v) is 10.7. The largest absolute Gasteiger partial charge is 0.396 e. The Hall–Kier alpha value is -0.240. The van der Waals surface area contributed by atoms with Gasteiger partial charge in [-0.05, 0) is 38.5 Å². The second-order valence-corrected chi connectivity index (χ2v) is 4.67. The molecule has 0 saturated heterocycles. The normalized spacial score (nSPS) is 18.3. The smallest absolute Gasteiger partial charge is 0.116 e. The highest BCUT2D eigenvalue weighted by Crippen LogP contribution is 2.23. The van der Waals surface area contributed by atoms with E-state index in [-0.39, 0.29) is 26.1 Å². The molecule has 0 aromatic heterocycles. The van der Waals surface area contributed by atoms with E-state index in [9.17, 15) is 15.3 Å². The SMILES string of the molecule is OCCCCC(O)C(O)C(O)(CO)CCCCO. The first-order valence-electron chi connectivity index (χ1n) is 6.43. The molecular weight excluding hydrogens is 240 g/mol. The Morgan fingerprint density at radius 3 is 1.89 bits per heavy atom. The van der Waals surface area contributed by atoms with Gasteiger partial charge in [-0.1, -0.05) is 0 Å². The molecule has 0 aliphatic heterocycles. The lowest BCUT2D eigenvalue weighted by atomic mass is 9.86. The van der Waals surface area contributed by atoms with Crippen LogP contribution in [-0.2, 0) is 0 Å². The second kappa shape index (κ2) is 9.66. The van der Waals surface area contributed by atoms with Gasteiger partial charge in [0.1, 0.15) is 11.7 Å². The van der Waals surface area contributed by atoms with E-state index in [0.717, 1.165) is 0 Å². The van der Waals surface area contributed by atoms with Crippen molar-refractivity contribution >= 4 is 0 Å². The minimum absolute atomic E-state index is 0.0172. The molecule has 0 rings (SSSR count). The van der Waals surface area contributed by atoms with E-state index in [1.54, 1.807) is 0 Å². The van der Waals surface area contributed by atoms with Crippen LogP contribution in [0.4, 0.5) is 0 Å². The van der Waals surface area contributed by atoms with Gasteiger partial charge in [0.25, 0.3) is 0 Å². The number of aliphatic hydroxyl groups excluding tert-OH is 5. The quantitative estimate of drug-likeness (QED) is 0.260. The molecule has 0 heterocycles. The average molecular weight is 266 g/mol. The minimum atomic E-state index is -1.74. The molecule has 0 aliphatic carbocycles. The predicted octanol–water partition coefficient (Wildman–Crippen LogP) is -1.24. The Balaban J connectivity index is 4.23. The summed E-state index contributed by atoms with van der Waals surface area (Å²) in [5.74, 6) is 0. The first-order chi connectivity index (χ1) is 8.51. The number of hydrogen-bond acceptors (Lipinski definition) is 6. The van der Waals surface area contributed by atoms with Gasteiger partial charge in [0.05, 0.1) is 12.7 Å². The molecule has 0 aromatic carbocycles. The Bertz CT molecular complexity index is 201. The highest BCUT2D eigenvalue weighted by atomic mass is 16.4. The van der Waals surface area contributed by atoms with Gasteiger partial charge < -0.3 is 30.6 Å². The van der Waals surface area contributed by atoms with Crippen molar-refractivity contribution in [2.45, 2.75) is 56.3 Å². The Morgan fingerprint density at radius 1 is 0.833 bits per heavy atom. The lowest BCUT2D eigenvalue weighted by molar-refractivity contribution is -0.151. The Morgan fingerprint density at radius 2 is 1.39 bits per heavy atom. The van der Waals surface area contributed by atoms with Crippen molar-refractivity contribution in [3.05, 3.63) is 0 Å². The molecular formula is C12H26O6. The van der Waals surface area contributed by atoms with Crippen molar-refractivity contribution in [3.8, 4) is 0 Å². The molecule has 110 valence electrons. The summed E-state index contributed by atoms with van der Waals surface area (Å²) in [4.78, 5) is 0. The number of hydrogen-bond donors (Lipinski definition) is 6. The molecule has 18 heavy (non-hydrogen) atoms. The maximum Gasteiger partial charge on any atom is 0.116 e. The Labute approximate surface area is 108 Å².